The lowest BCUT2D eigenvalue weighted by Crippen LogP contribution is -2.48. The van der Waals surface area contributed by atoms with Gasteiger partial charge in [-0.2, -0.15) is 4.98 Å². The van der Waals surface area contributed by atoms with E-state index in [1.807, 2.05) is 6.92 Å². The van der Waals surface area contributed by atoms with E-state index in [2.05, 4.69) is 44.9 Å². The van der Waals surface area contributed by atoms with Crippen LogP contribution in [-0.4, -0.2) is 56.1 Å². The Labute approximate surface area is 188 Å². The average Bonchev–Trinajstić information content (AvgIpc) is 3.28. The van der Waals surface area contributed by atoms with Crippen LogP contribution in [0.15, 0.2) is 30.3 Å². The summed E-state index contributed by atoms with van der Waals surface area (Å²) in [4.78, 5) is 7.12. The van der Waals surface area contributed by atoms with E-state index < -0.39 is 10.0 Å². The molecule has 0 spiro atoms. The van der Waals surface area contributed by atoms with Crippen LogP contribution in [0.1, 0.15) is 48.5 Å². The van der Waals surface area contributed by atoms with Gasteiger partial charge < -0.3 is 14.7 Å². The van der Waals surface area contributed by atoms with Crippen molar-refractivity contribution in [3.63, 3.8) is 0 Å². The summed E-state index contributed by atoms with van der Waals surface area (Å²) in [6, 6.07) is 10.3. The zero-order valence-electron chi connectivity index (χ0n) is 18.0. The molecule has 2 N–H and O–H groups in total. The third-order valence-corrected chi connectivity index (χ3v) is 8.09. The van der Waals surface area contributed by atoms with E-state index in [1.54, 1.807) is 0 Å². The maximum Gasteiger partial charge on any atom is 0.226 e. The molecule has 1 aromatic carbocycles. The maximum absolute atomic E-state index is 11.9. The highest BCUT2D eigenvalue weighted by molar-refractivity contribution is 7.88. The first-order valence-electron chi connectivity index (χ1n) is 10.9. The second kappa shape index (κ2) is 9.44. The predicted octanol–water partition coefficient (Wildman–Crippen LogP) is 3.40. The Morgan fingerprint density at radius 3 is 2.52 bits per heavy atom. The van der Waals surface area contributed by atoms with Crippen LogP contribution in [0.5, 0.6) is 5.88 Å². The molecule has 31 heavy (non-hydrogen) atoms. The van der Waals surface area contributed by atoms with Crippen LogP contribution in [0.4, 0.5) is 5.13 Å². The van der Waals surface area contributed by atoms with E-state index in [4.69, 9.17) is 4.74 Å². The van der Waals surface area contributed by atoms with Gasteiger partial charge in [-0.15, -0.1) is 0 Å². The van der Waals surface area contributed by atoms with Gasteiger partial charge in [0.05, 0.1) is 29.9 Å². The zero-order chi connectivity index (χ0) is 22.0. The van der Waals surface area contributed by atoms with Crippen molar-refractivity contribution in [2.45, 2.75) is 63.1 Å². The maximum atomic E-state index is 11.9. The highest BCUT2D eigenvalue weighted by atomic mass is 32.2. The summed E-state index contributed by atoms with van der Waals surface area (Å²) in [5.74, 6) is 0.628. The number of anilines is 1. The molecule has 0 bridgehead atoms. The molecule has 0 radical (unpaired) electrons. The molecule has 4 rings (SSSR count). The van der Waals surface area contributed by atoms with Crippen LogP contribution in [-0.2, 0) is 14.8 Å². The molecule has 2 fully saturated rings. The van der Waals surface area contributed by atoms with Crippen LogP contribution in [0.25, 0.3) is 0 Å². The lowest BCUT2D eigenvalue weighted by molar-refractivity contribution is 0.0157. The van der Waals surface area contributed by atoms with Crippen LogP contribution >= 0.6 is 11.3 Å². The number of aromatic hydroxyl groups is 1. The van der Waals surface area contributed by atoms with Crippen molar-refractivity contribution in [1.82, 2.24) is 9.71 Å². The van der Waals surface area contributed by atoms with Gasteiger partial charge in [0.2, 0.25) is 15.9 Å². The summed E-state index contributed by atoms with van der Waals surface area (Å²) in [6.45, 7) is 2.94. The normalized spacial score (nSPS) is 27.0. The summed E-state index contributed by atoms with van der Waals surface area (Å²) >= 11 is 1.43. The molecule has 0 unspecified atom stereocenters. The molecule has 7 nitrogen and oxygen atoms in total. The van der Waals surface area contributed by atoms with Gasteiger partial charge in [0.25, 0.3) is 0 Å². The SMILES string of the molecule is Cc1sc(N2CC[C@H](NS(C)(=O)=O)[C@@H]2COC2CCC(c3ccccc3)CC2)nc1O. The number of rotatable bonds is 7. The fourth-order valence-corrected chi connectivity index (χ4v) is 6.44. The zero-order valence-corrected chi connectivity index (χ0v) is 19.7. The van der Waals surface area contributed by atoms with E-state index in [-0.39, 0.29) is 24.1 Å². The standard InChI is InChI=1S/C22H31N3O4S2/c1-15-21(26)23-22(30-15)25-13-12-19(24-31(2,27)28)20(25)14-29-18-10-8-17(9-11-18)16-6-4-3-5-7-16/h3-7,17-20,24,26H,8-14H2,1-2H3/t17?,18?,19-,20-/m0/s1. The van der Waals surface area contributed by atoms with Crippen molar-refractivity contribution < 1.29 is 18.3 Å². The second-order valence-corrected chi connectivity index (χ2v) is 11.6. The Balaban J connectivity index is 1.39. The van der Waals surface area contributed by atoms with Crippen LogP contribution in [0.2, 0.25) is 0 Å². The van der Waals surface area contributed by atoms with Crippen molar-refractivity contribution >= 4 is 26.5 Å². The first kappa shape index (κ1) is 22.5. The third-order valence-electron chi connectivity index (χ3n) is 6.37. The van der Waals surface area contributed by atoms with E-state index in [0.29, 0.717) is 30.6 Å². The Morgan fingerprint density at radius 2 is 1.90 bits per heavy atom. The quantitative estimate of drug-likeness (QED) is 0.651. The smallest absolute Gasteiger partial charge is 0.226 e. The van der Waals surface area contributed by atoms with Gasteiger partial charge in [0.15, 0.2) is 5.13 Å². The number of nitrogens with one attached hydrogen (secondary N) is 1. The highest BCUT2D eigenvalue weighted by Gasteiger charge is 2.38. The monoisotopic (exact) mass is 465 g/mol. The molecule has 1 saturated heterocycles. The second-order valence-electron chi connectivity index (χ2n) is 8.64. The largest absolute Gasteiger partial charge is 0.492 e. The average molecular weight is 466 g/mol. The molecular weight excluding hydrogens is 434 g/mol. The first-order valence-corrected chi connectivity index (χ1v) is 13.6. The molecular formula is C22H31N3O4S2. The molecule has 2 aliphatic rings. The van der Waals surface area contributed by atoms with Crippen LogP contribution in [0, 0.1) is 6.92 Å². The van der Waals surface area contributed by atoms with Crippen LogP contribution in [0.3, 0.4) is 0 Å². The Kier molecular flexibility index (Phi) is 6.86. The molecule has 2 atom stereocenters. The number of aromatic nitrogens is 1. The number of hydrogen-bond acceptors (Lipinski definition) is 7. The minimum Gasteiger partial charge on any atom is -0.492 e. The summed E-state index contributed by atoms with van der Waals surface area (Å²) in [5.41, 5.74) is 1.40. The Morgan fingerprint density at radius 1 is 1.19 bits per heavy atom. The van der Waals surface area contributed by atoms with E-state index in [9.17, 15) is 13.5 Å². The Hall–Kier alpha value is -1.68. The number of aryl methyl sites for hydroxylation is 1. The summed E-state index contributed by atoms with van der Waals surface area (Å²) < 4.78 is 32.9. The van der Waals surface area contributed by atoms with E-state index >= 15 is 0 Å². The minimum atomic E-state index is -3.33. The Bertz CT molecular complexity index is 952. The molecule has 1 aromatic heterocycles. The molecule has 1 saturated carbocycles. The lowest BCUT2D eigenvalue weighted by Gasteiger charge is -2.32. The van der Waals surface area contributed by atoms with Gasteiger partial charge in [0.1, 0.15) is 0 Å². The van der Waals surface area contributed by atoms with Crippen molar-refractivity contribution in [2.24, 2.45) is 0 Å². The number of thiazole rings is 1. The van der Waals surface area contributed by atoms with Gasteiger partial charge in [-0.05, 0) is 50.5 Å². The van der Waals surface area contributed by atoms with Gasteiger partial charge in [-0.25, -0.2) is 13.1 Å². The predicted molar refractivity (Wildman–Crippen MR) is 123 cm³/mol. The molecule has 1 aliphatic carbocycles. The number of benzene rings is 1. The number of sulfonamides is 1. The minimum absolute atomic E-state index is 0.0402. The van der Waals surface area contributed by atoms with Gasteiger partial charge in [0, 0.05) is 12.6 Å². The van der Waals surface area contributed by atoms with E-state index in [1.165, 1.54) is 23.2 Å². The summed E-state index contributed by atoms with van der Waals surface area (Å²) in [5, 5.41) is 10.6. The summed E-state index contributed by atoms with van der Waals surface area (Å²) in [7, 11) is -3.33. The third kappa shape index (κ3) is 5.58. The van der Waals surface area contributed by atoms with Gasteiger partial charge in [-0.1, -0.05) is 41.7 Å². The van der Waals surface area contributed by atoms with E-state index in [0.717, 1.165) is 30.6 Å². The van der Waals surface area contributed by atoms with Gasteiger partial charge >= 0.3 is 0 Å². The lowest BCUT2D eigenvalue weighted by atomic mass is 9.83. The molecule has 170 valence electrons. The fraction of sp³-hybridized carbons (Fsp3) is 0.591. The van der Waals surface area contributed by atoms with Crippen LogP contribution < -0.4 is 9.62 Å². The number of hydrogen-bond donors (Lipinski definition) is 2. The number of nitrogens with zero attached hydrogens (tertiary/aromatic N) is 2. The topological polar surface area (TPSA) is 91.8 Å². The van der Waals surface area contributed by atoms with Crippen molar-refractivity contribution in [3.05, 3.63) is 40.8 Å². The van der Waals surface area contributed by atoms with Crippen molar-refractivity contribution in [1.29, 1.82) is 0 Å². The number of ether oxygens (including phenoxy) is 1. The molecule has 1 aliphatic heterocycles. The van der Waals surface area contributed by atoms with Gasteiger partial charge in [-0.3, -0.25) is 0 Å². The molecule has 2 heterocycles. The fourth-order valence-electron chi connectivity index (χ4n) is 4.73. The van der Waals surface area contributed by atoms with Crippen molar-refractivity contribution in [2.75, 3.05) is 24.3 Å². The molecule has 2 aromatic rings. The summed E-state index contributed by atoms with van der Waals surface area (Å²) in [6.07, 6.45) is 6.29. The molecule has 9 heteroatoms. The molecule has 0 amide bonds. The highest BCUT2D eigenvalue weighted by Crippen LogP contribution is 2.36. The first-order chi connectivity index (χ1) is 14.8. The van der Waals surface area contributed by atoms with Crippen molar-refractivity contribution in [3.8, 4) is 5.88 Å².